The van der Waals surface area contributed by atoms with Gasteiger partial charge in [-0.15, -0.1) is 0 Å². The number of nitrogens with one attached hydrogen (secondary N) is 1. The second-order valence-corrected chi connectivity index (χ2v) is 5.98. The van der Waals surface area contributed by atoms with Crippen molar-refractivity contribution >= 4 is 17.3 Å². The first-order chi connectivity index (χ1) is 12.7. The molecule has 26 heavy (non-hydrogen) atoms. The topological polar surface area (TPSA) is 66.6 Å². The molecule has 2 aromatic carbocycles. The summed E-state index contributed by atoms with van der Waals surface area (Å²) in [4.78, 5) is 15.8. The van der Waals surface area contributed by atoms with E-state index in [2.05, 4.69) is 34.6 Å². The Bertz CT molecular complexity index is 1070. The van der Waals surface area contributed by atoms with Crippen LogP contribution in [0.2, 0.25) is 0 Å². The zero-order valence-electron chi connectivity index (χ0n) is 14.0. The maximum absolute atomic E-state index is 11.7. The smallest absolute Gasteiger partial charge is 0.355 e. The molecule has 0 saturated carbocycles. The first-order valence-electron chi connectivity index (χ1n) is 8.30. The van der Waals surface area contributed by atoms with E-state index in [9.17, 15) is 9.90 Å². The van der Waals surface area contributed by atoms with Crippen LogP contribution in [0.4, 0.5) is 5.69 Å². The summed E-state index contributed by atoms with van der Waals surface area (Å²) < 4.78 is 1.57. The second-order valence-electron chi connectivity index (χ2n) is 5.98. The summed E-state index contributed by atoms with van der Waals surface area (Å²) in [5, 5.41) is 12.8. The Labute approximate surface area is 150 Å². The van der Waals surface area contributed by atoms with Gasteiger partial charge < -0.3 is 10.4 Å². The lowest BCUT2D eigenvalue weighted by atomic mass is 10.0. The molecule has 0 aliphatic heterocycles. The van der Waals surface area contributed by atoms with Crippen molar-refractivity contribution in [3.63, 3.8) is 0 Å². The van der Waals surface area contributed by atoms with Crippen LogP contribution in [0, 0.1) is 0 Å². The number of pyridine rings is 1. The van der Waals surface area contributed by atoms with E-state index < -0.39 is 5.97 Å². The van der Waals surface area contributed by atoms with Gasteiger partial charge in [0.1, 0.15) is 5.65 Å². The number of aromatic carboxylic acids is 1. The molecule has 0 aliphatic rings. The Kier molecular flexibility index (Phi) is 4.11. The maximum atomic E-state index is 11.7. The minimum absolute atomic E-state index is 0.180. The number of anilines is 1. The van der Waals surface area contributed by atoms with Gasteiger partial charge >= 0.3 is 5.97 Å². The van der Waals surface area contributed by atoms with Crippen LogP contribution >= 0.6 is 0 Å². The van der Waals surface area contributed by atoms with Gasteiger partial charge in [0, 0.05) is 18.9 Å². The van der Waals surface area contributed by atoms with Crippen molar-refractivity contribution in [2.24, 2.45) is 0 Å². The molecule has 0 aliphatic carbocycles. The lowest BCUT2D eigenvalue weighted by Crippen LogP contribution is -2.11. The van der Waals surface area contributed by atoms with Crippen LogP contribution in [0.5, 0.6) is 0 Å². The van der Waals surface area contributed by atoms with E-state index >= 15 is 0 Å². The second kappa shape index (κ2) is 6.72. The zero-order chi connectivity index (χ0) is 17.9. The molecule has 4 aromatic rings. The Morgan fingerprint density at radius 3 is 2.62 bits per heavy atom. The minimum Gasteiger partial charge on any atom is -0.476 e. The zero-order valence-corrected chi connectivity index (χ0v) is 14.0. The molecule has 0 atom stereocenters. The number of hydrogen-bond acceptors (Lipinski definition) is 3. The molecule has 0 amide bonds. The van der Waals surface area contributed by atoms with Crippen LogP contribution in [0.25, 0.3) is 16.8 Å². The van der Waals surface area contributed by atoms with Gasteiger partial charge in [0.25, 0.3) is 0 Å². The van der Waals surface area contributed by atoms with Gasteiger partial charge in [-0.2, -0.15) is 0 Å². The molecular weight excluding hydrogens is 326 g/mol. The highest BCUT2D eigenvalue weighted by molar-refractivity contribution is 5.93. The number of aromatic nitrogens is 2. The number of carbonyl (C=O) groups is 1. The lowest BCUT2D eigenvalue weighted by Gasteiger charge is -2.12. The average Bonchev–Trinajstić information content (AvgIpc) is 3.15. The molecule has 5 nitrogen and oxygen atoms in total. The first-order valence-corrected chi connectivity index (χ1v) is 8.30. The normalized spacial score (nSPS) is 10.8. The highest BCUT2D eigenvalue weighted by Gasteiger charge is 2.14. The molecule has 0 spiro atoms. The Balaban J connectivity index is 1.61. The van der Waals surface area contributed by atoms with E-state index in [1.807, 2.05) is 30.3 Å². The Morgan fingerprint density at radius 1 is 1.00 bits per heavy atom. The number of rotatable bonds is 5. The third kappa shape index (κ3) is 3.02. The van der Waals surface area contributed by atoms with Gasteiger partial charge in [0.15, 0.2) is 5.69 Å². The van der Waals surface area contributed by atoms with Crippen molar-refractivity contribution in [1.82, 2.24) is 9.38 Å². The Morgan fingerprint density at radius 2 is 1.81 bits per heavy atom. The third-order valence-corrected chi connectivity index (χ3v) is 4.28. The molecule has 128 valence electrons. The predicted octanol–water partition coefficient (Wildman–Crippen LogP) is 4.31. The number of hydrogen-bond donors (Lipinski definition) is 2. The Hall–Kier alpha value is -3.60. The lowest BCUT2D eigenvalue weighted by molar-refractivity contribution is 0.0690. The molecule has 5 heteroatoms. The number of fused-ring (bicyclic) bond motifs is 1. The summed E-state index contributed by atoms with van der Waals surface area (Å²) in [6, 6.07) is 21.9. The third-order valence-electron chi connectivity index (χ3n) is 4.28. The number of nitrogens with zero attached hydrogens (tertiary/aromatic N) is 2. The van der Waals surface area contributed by atoms with Gasteiger partial charge in [-0.05, 0) is 34.9 Å². The molecule has 0 radical (unpaired) electrons. The van der Waals surface area contributed by atoms with Crippen molar-refractivity contribution in [3.05, 3.63) is 90.4 Å². The maximum Gasteiger partial charge on any atom is 0.355 e. The van der Waals surface area contributed by atoms with E-state index in [1.165, 1.54) is 0 Å². The van der Waals surface area contributed by atoms with Crippen molar-refractivity contribution in [2.45, 2.75) is 6.54 Å². The first kappa shape index (κ1) is 15.9. The fourth-order valence-electron chi connectivity index (χ4n) is 3.04. The molecular formula is C21H17N3O2. The fraction of sp³-hybridized carbons (Fsp3) is 0.0476. The van der Waals surface area contributed by atoms with Crippen LogP contribution < -0.4 is 5.32 Å². The minimum atomic E-state index is -0.992. The van der Waals surface area contributed by atoms with Crippen molar-refractivity contribution in [2.75, 3.05) is 5.32 Å². The number of imidazole rings is 1. The van der Waals surface area contributed by atoms with E-state index in [4.69, 9.17) is 0 Å². The van der Waals surface area contributed by atoms with Gasteiger partial charge in [0.05, 0.1) is 5.69 Å². The average molecular weight is 343 g/mol. The summed E-state index contributed by atoms with van der Waals surface area (Å²) in [5.74, 6) is -0.992. The van der Waals surface area contributed by atoms with Gasteiger partial charge in [-0.25, -0.2) is 9.78 Å². The highest BCUT2D eigenvalue weighted by Crippen LogP contribution is 2.22. The summed E-state index contributed by atoms with van der Waals surface area (Å²) in [6.07, 6.45) is 3.24. The van der Waals surface area contributed by atoms with E-state index in [0.29, 0.717) is 17.9 Å². The largest absolute Gasteiger partial charge is 0.476 e. The van der Waals surface area contributed by atoms with Crippen LogP contribution in [0.3, 0.4) is 0 Å². The molecule has 0 fully saturated rings. The summed E-state index contributed by atoms with van der Waals surface area (Å²) in [5.41, 5.74) is 4.72. The molecule has 4 rings (SSSR count). The highest BCUT2D eigenvalue weighted by atomic mass is 16.4. The summed E-state index contributed by atoms with van der Waals surface area (Å²) in [6.45, 7) is 0.529. The quantitative estimate of drug-likeness (QED) is 0.567. The van der Waals surface area contributed by atoms with Crippen molar-refractivity contribution in [1.29, 1.82) is 0 Å². The van der Waals surface area contributed by atoms with E-state index in [1.54, 1.807) is 28.9 Å². The van der Waals surface area contributed by atoms with Crippen LogP contribution in [0.15, 0.2) is 79.1 Å². The van der Waals surface area contributed by atoms with Crippen LogP contribution in [0.1, 0.15) is 16.1 Å². The standard InChI is InChI=1S/C21H17N3O2/c25-21(26)20-18(9-10-19-22-11-12-24(19)20)23-14-15-5-4-8-17(13-15)16-6-2-1-3-7-16/h1-13,23H,14H2,(H,25,26). The molecule has 0 unspecified atom stereocenters. The van der Waals surface area contributed by atoms with Crippen LogP contribution in [-0.4, -0.2) is 20.5 Å². The predicted molar refractivity (Wildman–Crippen MR) is 101 cm³/mol. The van der Waals surface area contributed by atoms with Gasteiger partial charge in [-0.3, -0.25) is 4.40 Å². The summed E-state index contributed by atoms with van der Waals surface area (Å²) >= 11 is 0. The number of benzene rings is 2. The van der Waals surface area contributed by atoms with Gasteiger partial charge in [-0.1, -0.05) is 48.5 Å². The molecule has 2 aromatic heterocycles. The molecule has 2 heterocycles. The SMILES string of the molecule is O=C(O)c1c(NCc2cccc(-c3ccccc3)c2)ccc2nccn12. The van der Waals surface area contributed by atoms with Crippen molar-refractivity contribution < 1.29 is 9.90 Å². The van der Waals surface area contributed by atoms with Crippen molar-refractivity contribution in [3.8, 4) is 11.1 Å². The van der Waals surface area contributed by atoms with E-state index in [0.717, 1.165) is 16.7 Å². The molecule has 2 N–H and O–H groups in total. The molecule has 0 bridgehead atoms. The fourth-order valence-corrected chi connectivity index (χ4v) is 3.04. The van der Waals surface area contributed by atoms with E-state index in [-0.39, 0.29) is 5.69 Å². The molecule has 0 saturated heterocycles. The van der Waals surface area contributed by atoms with Gasteiger partial charge in [0.2, 0.25) is 0 Å². The monoisotopic (exact) mass is 343 g/mol. The number of carboxylic acids is 1. The summed E-state index contributed by atoms with van der Waals surface area (Å²) in [7, 11) is 0. The number of carboxylic acid groups (broad SMARTS) is 1. The van der Waals surface area contributed by atoms with Crippen LogP contribution in [-0.2, 0) is 6.54 Å².